The molecule has 1 rings (SSSR count). The largest absolute Gasteiger partial charge is 0.465 e. The Morgan fingerprint density at radius 3 is 2.81 bits per heavy atom. The van der Waals surface area contributed by atoms with Crippen molar-refractivity contribution >= 4 is 15.8 Å². The molecule has 1 aliphatic carbocycles. The standard InChI is InChI=1S/C11H16O4S/c1-2-11(12)15-8-9-16(13,14)10-6-4-3-5-7-10/h3-4,6H,2,5,7-9H2,1H3. The molecule has 0 bridgehead atoms. The van der Waals surface area contributed by atoms with Crippen LogP contribution < -0.4 is 0 Å². The first-order valence-corrected chi connectivity index (χ1v) is 6.95. The van der Waals surface area contributed by atoms with Crippen LogP contribution in [0.2, 0.25) is 0 Å². The van der Waals surface area contributed by atoms with Crippen molar-refractivity contribution in [1.29, 1.82) is 0 Å². The van der Waals surface area contributed by atoms with Crippen molar-refractivity contribution < 1.29 is 17.9 Å². The van der Waals surface area contributed by atoms with Gasteiger partial charge < -0.3 is 4.74 Å². The van der Waals surface area contributed by atoms with Crippen LogP contribution in [0.15, 0.2) is 23.1 Å². The van der Waals surface area contributed by atoms with Crippen LogP contribution in [0.25, 0.3) is 0 Å². The quantitative estimate of drug-likeness (QED) is 0.689. The van der Waals surface area contributed by atoms with Crippen molar-refractivity contribution in [3.8, 4) is 0 Å². The van der Waals surface area contributed by atoms with E-state index < -0.39 is 9.84 Å². The number of hydrogen-bond donors (Lipinski definition) is 0. The fourth-order valence-corrected chi connectivity index (χ4v) is 2.62. The molecule has 0 aromatic carbocycles. The van der Waals surface area contributed by atoms with E-state index in [0.717, 1.165) is 6.42 Å². The van der Waals surface area contributed by atoms with Gasteiger partial charge in [-0.15, -0.1) is 0 Å². The highest BCUT2D eigenvalue weighted by Gasteiger charge is 2.18. The SMILES string of the molecule is CCC(=O)OCCS(=O)(=O)C1=CC=CCC1. The second-order valence-corrected chi connectivity index (χ2v) is 5.65. The van der Waals surface area contributed by atoms with Gasteiger partial charge in [-0.1, -0.05) is 19.1 Å². The lowest BCUT2D eigenvalue weighted by Gasteiger charge is -2.10. The second kappa shape index (κ2) is 5.84. The van der Waals surface area contributed by atoms with E-state index in [9.17, 15) is 13.2 Å². The summed E-state index contributed by atoms with van der Waals surface area (Å²) in [7, 11) is -3.25. The molecule has 0 saturated carbocycles. The third-order valence-electron chi connectivity index (χ3n) is 2.28. The van der Waals surface area contributed by atoms with E-state index in [-0.39, 0.29) is 24.7 Å². The van der Waals surface area contributed by atoms with Crippen molar-refractivity contribution in [2.24, 2.45) is 0 Å². The maximum absolute atomic E-state index is 11.8. The Hall–Kier alpha value is -1.10. The van der Waals surface area contributed by atoms with E-state index in [1.54, 1.807) is 19.1 Å². The summed E-state index contributed by atoms with van der Waals surface area (Å²) in [5.74, 6) is -0.494. The van der Waals surface area contributed by atoms with Gasteiger partial charge in [0.15, 0.2) is 9.84 Å². The molecular weight excluding hydrogens is 228 g/mol. The summed E-state index contributed by atoms with van der Waals surface area (Å²) in [6, 6.07) is 0. The lowest BCUT2D eigenvalue weighted by atomic mass is 10.2. The Bertz CT molecular complexity index is 404. The minimum atomic E-state index is -3.25. The van der Waals surface area contributed by atoms with Crippen molar-refractivity contribution in [3.05, 3.63) is 23.1 Å². The van der Waals surface area contributed by atoms with Crippen LogP contribution in [-0.2, 0) is 19.4 Å². The third-order valence-corrected chi connectivity index (χ3v) is 4.12. The molecule has 0 aromatic rings. The highest BCUT2D eigenvalue weighted by molar-refractivity contribution is 7.95. The Labute approximate surface area is 95.9 Å². The molecule has 1 aliphatic rings. The first-order chi connectivity index (χ1) is 7.56. The zero-order chi connectivity index (χ0) is 12.0. The Morgan fingerprint density at radius 1 is 1.50 bits per heavy atom. The van der Waals surface area contributed by atoms with Gasteiger partial charge in [0, 0.05) is 11.3 Å². The number of carbonyl (C=O) groups is 1. The summed E-state index contributed by atoms with van der Waals surface area (Å²) in [5.41, 5.74) is 0. The lowest BCUT2D eigenvalue weighted by molar-refractivity contribution is -0.142. The zero-order valence-electron chi connectivity index (χ0n) is 9.31. The smallest absolute Gasteiger partial charge is 0.305 e. The highest BCUT2D eigenvalue weighted by atomic mass is 32.2. The highest BCUT2D eigenvalue weighted by Crippen LogP contribution is 2.18. The van der Waals surface area contributed by atoms with Crippen LogP contribution in [0.4, 0.5) is 0 Å². The maximum Gasteiger partial charge on any atom is 0.305 e. The average molecular weight is 244 g/mol. The molecule has 0 aliphatic heterocycles. The molecule has 0 fully saturated rings. The minimum absolute atomic E-state index is 0.0595. The molecule has 0 heterocycles. The molecule has 0 amide bonds. The first-order valence-electron chi connectivity index (χ1n) is 5.30. The average Bonchev–Trinajstić information content (AvgIpc) is 2.30. The van der Waals surface area contributed by atoms with Crippen LogP contribution in [0, 0.1) is 0 Å². The van der Waals surface area contributed by atoms with Crippen LogP contribution in [-0.4, -0.2) is 26.7 Å². The monoisotopic (exact) mass is 244 g/mol. The van der Waals surface area contributed by atoms with E-state index in [1.165, 1.54) is 0 Å². The van der Waals surface area contributed by atoms with Crippen molar-refractivity contribution in [1.82, 2.24) is 0 Å². The molecular formula is C11H16O4S. The van der Waals surface area contributed by atoms with Gasteiger partial charge in [0.2, 0.25) is 0 Å². The molecule has 0 unspecified atom stereocenters. The van der Waals surface area contributed by atoms with Gasteiger partial charge in [-0.25, -0.2) is 8.42 Å². The van der Waals surface area contributed by atoms with Crippen LogP contribution in [0.3, 0.4) is 0 Å². The van der Waals surface area contributed by atoms with E-state index in [1.807, 2.05) is 6.08 Å². The Morgan fingerprint density at radius 2 is 2.25 bits per heavy atom. The summed E-state index contributed by atoms with van der Waals surface area (Å²) in [6.45, 7) is 1.61. The molecule has 90 valence electrons. The number of esters is 1. The van der Waals surface area contributed by atoms with E-state index >= 15 is 0 Å². The normalized spacial score (nSPS) is 15.7. The molecule has 0 atom stereocenters. The van der Waals surface area contributed by atoms with E-state index in [0.29, 0.717) is 11.3 Å². The van der Waals surface area contributed by atoms with Gasteiger partial charge in [0.05, 0.1) is 5.75 Å². The van der Waals surface area contributed by atoms with Gasteiger partial charge in [0.25, 0.3) is 0 Å². The molecule has 0 N–H and O–H groups in total. The van der Waals surface area contributed by atoms with Crippen LogP contribution >= 0.6 is 0 Å². The molecule has 16 heavy (non-hydrogen) atoms. The second-order valence-electron chi connectivity index (χ2n) is 3.49. The van der Waals surface area contributed by atoms with Crippen LogP contribution in [0.5, 0.6) is 0 Å². The summed E-state index contributed by atoms with van der Waals surface area (Å²) in [4.78, 5) is 11.3. The Kier molecular flexibility index (Phi) is 4.73. The molecule has 0 saturated heterocycles. The Balaban J connectivity index is 2.49. The minimum Gasteiger partial charge on any atom is -0.465 e. The number of rotatable bonds is 5. The molecule has 4 nitrogen and oxygen atoms in total. The van der Waals surface area contributed by atoms with Gasteiger partial charge in [-0.3, -0.25) is 4.79 Å². The van der Waals surface area contributed by atoms with Crippen molar-refractivity contribution in [2.45, 2.75) is 26.2 Å². The molecule has 5 heteroatoms. The van der Waals surface area contributed by atoms with Gasteiger partial charge in [-0.05, 0) is 18.9 Å². The summed E-state index contributed by atoms with van der Waals surface area (Å²) in [6.07, 6.45) is 6.84. The topological polar surface area (TPSA) is 60.4 Å². The van der Waals surface area contributed by atoms with Crippen molar-refractivity contribution in [2.75, 3.05) is 12.4 Å². The zero-order valence-corrected chi connectivity index (χ0v) is 10.1. The van der Waals surface area contributed by atoms with E-state index in [4.69, 9.17) is 4.74 Å². The number of carbonyl (C=O) groups excluding carboxylic acids is 1. The number of allylic oxidation sites excluding steroid dienone is 4. The number of sulfone groups is 1. The third kappa shape index (κ3) is 3.81. The summed E-state index contributed by atoms with van der Waals surface area (Å²) >= 11 is 0. The molecule has 0 aromatic heterocycles. The number of hydrogen-bond acceptors (Lipinski definition) is 4. The van der Waals surface area contributed by atoms with E-state index in [2.05, 4.69) is 0 Å². The van der Waals surface area contributed by atoms with Gasteiger partial charge >= 0.3 is 5.97 Å². The van der Waals surface area contributed by atoms with Gasteiger partial charge in [-0.2, -0.15) is 0 Å². The van der Waals surface area contributed by atoms with Crippen molar-refractivity contribution in [3.63, 3.8) is 0 Å². The van der Waals surface area contributed by atoms with Gasteiger partial charge in [0.1, 0.15) is 6.61 Å². The first kappa shape index (κ1) is 13.0. The predicted molar refractivity (Wildman–Crippen MR) is 61.5 cm³/mol. The lowest BCUT2D eigenvalue weighted by Crippen LogP contribution is -2.17. The maximum atomic E-state index is 11.8. The summed E-state index contributed by atoms with van der Waals surface area (Å²) < 4.78 is 28.3. The fraction of sp³-hybridized carbons (Fsp3) is 0.545. The van der Waals surface area contributed by atoms with Crippen LogP contribution in [0.1, 0.15) is 26.2 Å². The summed E-state index contributed by atoms with van der Waals surface area (Å²) in [5, 5.41) is 0. The number of ether oxygens (including phenoxy) is 1. The molecule has 0 radical (unpaired) electrons. The predicted octanol–water partition coefficient (Wildman–Crippen LogP) is 1.59. The fourth-order valence-electron chi connectivity index (χ4n) is 1.34. The molecule has 0 spiro atoms.